The molecule has 0 aliphatic carbocycles. The van der Waals surface area contributed by atoms with Gasteiger partial charge in [0.2, 0.25) is 0 Å². The fourth-order valence-corrected chi connectivity index (χ4v) is 6.01. The lowest BCUT2D eigenvalue weighted by Crippen LogP contribution is -2.41. The van der Waals surface area contributed by atoms with Gasteiger partial charge >= 0.3 is 11.9 Å². The third-order valence-electron chi connectivity index (χ3n) is 5.48. The summed E-state index contributed by atoms with van der Waals surface area (Å²) in [6.07, 6.45) is 1.54. The molecule has 2 heterocycles. The maximum atomic E-state index is 13.5. The van der Waals surface area contributed by atoms with E-state index in [9.17, 15) is 14.4 Å². The molecule has 1 aromatic heterocycles. The van der Waals surface area contributed by atoms with E-state index in [1.807, 2.05) is 0 Å². The van der Waals surface area contributed by atoms with Crippen LogP contribution in [0.25, 0.3) is 17.5 Å². The molecule has 0 saturated heterocycles. The zero-order chi connectivity index (χ0) is 26.3. The van der Waals surface area contributed by atoms with Crippen molar-refractivity contribution in [1.82, 2.24) is 4.57 Å². The largest absolute Gasteiger partial charge is 0.466 e. The summed E-state index contributed by atoms with van der Waals surface area (Å²) in [5.41, 5.74) is 6.53. The van der Waals surface area contributed by atoms with Crippen LogP contribution in [-0.4, -0.2) is 30.7 Å². The van der Waals surface area contributed by atoms with Crippen molar-refractivity contribution in [1.29, 1.82) is 0 Å². The lowest BCUT2D eigenvalue weighted by atomic mass is 9.83. The summed E-state index contributed by atoms with van der Waals surface area (Å²) in [6, 6.07) is 9.40. The number of halogens is 4. The number of esters is 2. The van der Waals surface area contributed by atoms with Gasteiger partial charge in [-0.25, -0.2) is 9.59 Å². The number of rotatable bonds is 4. The van der Waals surface area contributed by atoms with Crippen LogP contribution in [0.1, 0.15) is 17.0 Å². The number of benzene rings is 2. The van der Waals surface area contributed by atoms with Gasteiger partial charge in [0.1, 0.15) is 10.5 Å². The molecule has 3 aromatic rings. The Morgan fingerprint density at radius 3 is 2.11 bits per heavy atom. The number of carbonyl (C=O) groups is 2. The topological polar surface area (TPSA) is 101 Å². The van der Waals surface area contributed by atoms with Gasteiger partial charge in [0.15, 0.2) is 0 Å². The molecule has 0 saturated carbocycles. The normalized spacial score (nSPS) is 15.7. The Morgan fingerprint density at radius 2 is 1.53 bits per heavy atom. The minimum Gasteiger partial charge on any atom is -0.466 e. The summed E-state index contributed by atoms with van der Waals surface area (Å²) in [6.45, 7) is 0. The first-order valence-electron chi connectivity index (χ1n) is 10.1. The standard InChI is InChI=1S/C24H16Cl4N2O5S/c1-34-23(32)18-17(13-6-5-12(26)9-15(13)28)19(24(33)35-2)22-30(20(18)29)21(31)16(36-22)7-10-3-4-11(25)8-14(10)27/h3-9,17H,29H2,1-2H3/b16-7+/t17-/m0/s1. The van der Waals surface area contributed by atoms with Crippen molar-refractivity contribution >= 4 is 87.1 Å². The summed E-state index contributed by atoms with van der Waals surface area (Å²) in [5, 5.41) is 1.27. The van der Waals surface area contributed by atoms with Gasteiger partial charge in [0.25, 0.3) is 5.56 Å². The van der Waals surface area contributed by atoms with Gasteiger partial charge in [-0.2, -0.15) is 0 Å². The van der Waals surface area contributed by atoms with E-state index in [4.69, 9.17) is 61.6 Å². The van der Waals surface area contributed by atoms with Crippen molar-refractivity contribution in [2.45, 2.75) is 5.92 Å². The van der Waals surface area contributed by atoms with Crippen molar-refractivity contribution in [2.24, 2.45) is 5.73 Å². The number of methoxy groups -OCH3 is 2. The average Bonchev–Trinajstić information content (AvgIpc) is 3.15. The Bertz CT molecular complexity index is 1640. The second-order valence-corrected chi connectivity index (χ2v) is 10.2. The molecule has 0 spiro atoms. The average molecular weight is 586 g/mol. The Hall–Kier alpha value is -2.75. The van der Waals surface area contributed by atoms with Crippen LogP contribution in [0.5, 0.6) is 0 Å². The van der Waals surface area contributed by atoms with E-state index in [1.54, 1.807) is 30.3 Å². The summed E-state index contributed by atoms with van der Waals surface area (Å²) in [7, 11) is 2.35. The zero-order valence-corrected chi connectivity index (χ0v) is 22.4. The Balaban J connectivity index is 2.15. The number of thiazole rings is 1. The van der Waals surface area contributed by atoms with E-state index in [0.717, 1.165) is 23.0 Å². The molecule has 0 bridgehead atoms. The fourth-order valence-electron chi connectivity index (χ4n) is 3.87. The lowest BCUT2D eigenvalue weighted by molar-refractivity contribution is -0.136. The second-order valence-electron chi connectivity index (χ2n) is 7.52. The Labute approximate surface area is 228 Å². The molecule has 0 radical (unpaired) electrons. The molecule has 1 aliphatic rings. The number of ether oxygens (including phenoxy) is 2. The first-order valence-corrected chi connectivity index (χ1v) is 12.5. The van der Waals surface area contributed by atoms with E-state index >= 15 is 0 Å². The van der Waals surface area contributed by atoms with Crippen LogP contribution in [0, 0.1) is 0 Å². The smallest absolute Gasteiger partial charge is 0.338 e. The van der Waals surface area contributed by atoms with E-state index in [0.29, 0.717) is 26.2 Å². The van der Waals surface area contributed by atoms with Crippen LogP contribution in [0.15, 0.2) is 46.8 Å². The molecule has 12 heteroatoms. The predicted octanol–water partition coefficient (Wildman–Crippen LogP) is 3.77. The van der Waals surface area contributed by atoms with Gasteiger partial charge in [-0.1, -0.05) is 58.5 Å². The summed E-state index contributed by atoms with van der Waals surface area (Å²) >= 11 is 25.8. The summed E-state index contributed by atoms with van der Waals surface area (Å²) in [4.78, 5) is 39.5. The number of aromatic nitrogens is 1. The molecule has 0 unspecified atom stereocenters. The van der Waals surface area contributed by atoms with E-state index in [-0.39, 0.29) is 31.2 Å². The highest BCUT2D eigenvalue weighted by atomic mass is 35.5. The third kappa shape index (κ3) is 4.55. The number of hydrogen-bond acceptors (Lipinski definition) is 7. The molecule has 4 rings (SSSR count). The van der Waals surface area contributed by atoms with Gasteiger partial charge < -0.3 is 15.2 Å². The molecule has 0 amide bonds. The van der Waals surface area contributed by atoms with E-state index in [1.165, 1.54) is 19.2 Å². The number of nitrogens with zero attached hydrogens (tertiary/aromatic N) is 1. The molecule has 2 N–H and O–H groups in total. The predicted molar refractivity (Wildman–Crippen MR) is 142 cm³/mol. The van der Waals surface area contributed by atoms with Gasteiger partial charge in [-0.3, -0.25) is 9.36 Å². The molecule has 1 aliphatic heterocycles. The van der Waals surface area contributed by atoms with Crippen molar-refractivity contribution in [3.63, 3.8) is 0 Å². The quantitative estimate of drug-likeness (QED) is 0.468. The molecule has 7 nitrogen and oxygen atoms in total. The number of fused-ring (bicyclic) bond motifs is 1. The van der Waals surface area contributed by atoms with Gasteiger partial charge in [-0.05, 0) is 41.5 Å². The maximum Gasteiger partial charge on any atom is 0.338 e. The van der Waals surface area contributed by atoms with Crippen LogP contribution >= 0.6 is 57.7 Å². The lowest BCUT2D eigenvalue weighted by Gasteiger charge is -2.27. The van der Waals surface area contributed by atoms with Crippen molar-refractivity contribution in [3.8, 4) is 0 Å². The molecule has 1 atom stereocenters. The molecular weight excluding hydrogens is 570 g/mol. The van der Waals surface area contributed by atoms with Crippen LogP contribution in [-0.2, 0) is 19.1 Å². The molecule has 36 heavy (non-hydrogen) atoms. The van der Waals surface area contributed by atoms with Crippen LogP contribution < -0.4 is 20.5 Å². The molecule has 2 aromatic carbocycles. The SMILES string of the molecule is COC(=O)C1=C(N)n2c(s/c(=C/c3ccc(Cl)cc3Cl)c2=O)=C(C(=O)OC)[C@H]1c1ccc(Cl)cc1Cl. The van der Waals surface area contributed by atoms with Crippen LogP contribution in [0.3, 0.4) is 0 Å². The Kier molecular flexibility index (Phi) is 7.54. The molecule has 0 fully saturated rings. The minimum atomic E-state index is -1.10. The fraction of sp³-hybridized carbons (Fsp3) is 0.125. The van der Waals surface area contributed by atoms with E-state index in [2.05, 4.69) is 0 Å². The first kappa shape index (κ1) is 26.3. The summed E-state index contributed by atoms with van der Waals surface area (Å²) in [5.74, 6) is -2.94. The highest BCUT2D eigenvalue weighted by molar-refractivity contribution is 7.07. The number of hydrogen-bond donors (Lipinski definition) is 1. The highest BCUT2D eigenvalue weighted by Crippen LogP contribution is 2.41. The molecular formula is C24H16Cl4N2O5S. The van der Waals surface area contributed by atoms with E-state index < -0.39 is 23.4 Å². The second kappa shape index (κ2) is 10.3. The number of carbonyl (C=O) groups excluding carboxylic acids is 2. The Morgan fingerprint density at radius 1 is 0.944 bits per heavy atom. The van der Waals surface area contributed by atoms with Gasteiger partial charge in [0, 0.05) is 20.1 Å². The van der Waals surface area contributed by atoms with Crippen molar-refractivity contribution in [2.75, 3.05) is 14.2 Å². The number of nitrogens with two attached hydrogens (primary N) is 1. The molecule has 186 valence electrons. The van der Waals surface area contributed by atoms with Crippen molar-refractivity contribution in [3.05, 3.63) is 92.7 Å². The van der Waals surface area contributed by atoms with Crippen LogP contribution in [0.4, 0.5) is 0 Å². The first-order chi connectivity index (χ1) is 17.1. The third-order valence-corrected chi connectivity index (χ3v) is 7.71. The van der Waals surface area contributed by atoms with Gasteiger partial charge in [-0.15, -0.1) is 11.3 Å². The monoisotopic (exact) mass is 584 g/mol. The van der Waals surface area contributed by atoms with Crippen LogP contribution in [0.2, 0.25) is 20.1 Å². The highest BCUT2D eigenvalue weighted by Gasteiger charge is 2.40. The summed E-state index contributed by atoms with van der Waals surface area (Å²) < 4.78 is 11.5. The van der Waals surface area contributed by atoms with Crippen molar-refractivity contribution < 1.29 is 19.1 Å². The minimum absolute atomic E-state index is 0.0136. The van der Waals surface area contributed by atoms with Gasteiger partial charge in [0.05, 0.1) is 35.8 Å². The maximum absolute atomic E-state index is 13.5. The zero-order valence-electron chi connectivity index (χ0n) is 18.6.